The van der Waals surface area contributed by atoms with E-state index in [1.807, 2.05) is 0 Å². The number of hydrogen-bond acceptors (Lipinski definition) is 1. The van der Waals surface area contributed by atoms with E-state index < -0.39 is 0 Å². The molecule has 76 valence electrons. The third-order valence-corrected chi connectivity index (χ3v) is 3.52. The Labute approximate surface area is 86.5 Å². The number of benzene rings is 1. The molecule has 2 rings (SSSR count). The zero-order valence-electron chi connectivity index (χ0n) is 9.57. The van der Waals surface area contributed by atoms with Crippen LogP contribution in [0.5, 0.6) is 0 Å². The topological polar surface area (TPSA) is 12.0 Å². The number of nitrogens with one attached hydrogen (secondary N) is 1. The van der Waals surface area contributed by atoms with Crippen molar-refractivity contribution in [3.05, 3.63) is 28.8 Å². The fraction of sp³-hybridized carbons (Fsp3) is 0.538. The minimum Gasteiger partial charge on any atom is -0.385 e. The molecule has 1 aliphatic heterocycles. The molecule has 0 fully saturated rings. The Kier molecular flexibility index (Phi) is 2.06. The summed E-state index contributed by atoms with van der Waals surface area (Å²) in [5, 5.41) is 3.53. The lowest BCUT2D eigenvalue weighted by Crippen LogP contribution is -2.28. The summed E-state index contributed by atoms with van der Waals surface area (Å²) in [5.41, 5.74) is 5.98. The molecule has 0 unspecified atom stereocenters. The van der Waals surface area contributed by atoms with Gasteiger partial charge in [0.25, 0.3) is 0 Å². The van der Waals surface area contributed by atoms with Gasteiger partial charge in [-0.2, -0.15) is 0 Å². The van der Waals surface area contributed by atoms with Gasteiger partial charge in [0.15, 0.2) is 0 Å². The van der Waals surface area contributed by atoms with Crippen molar-refractivity contribution in [3.63, 3.8) is 0 Å². The average Bonchev–Trinajstić information content (AvgIpc) is 2.11. The van der Waals surface area contributed by atoms with Gasteiger partial charge in [0.05, 0.1) is 0 Å². The normalized spacial score (nSPS) is 18.6. The zero-order chi connectivity index (χ0) is 10.3. The molecule has 1 heterocycles. The maximum absolute atomic E-state index is 3.53. The van der Waals surface area contributed by atoms with Gasteiger partial charge in [0, 0.05) is 12.2 Å². The van der Waals surface area contributed by atoms with Gasteiger partial charge in [0.2, 0.25) is 0 Å². The molecule has 0 radical (unpaired) electrons. The first-order valence-electron chi connectivity index (χ1n) is 5.37. The van der Waals surface area contributed by atoms with Crippen LogP contribution in [0.1, 0.15) is 37.0 Å². The summed E-state index contributed by atoms with van der Waals surface area (Å²) in [5.74, 6) is 0. The monoisotopic (exact) mass is 189 g/mol. The molecule has 0 spiro atoms. The predicted molar refractivity (Wildman–Crippen MR) is 62.0 cm³/mol. The average molecular weight is 189 g/mol. The van der Waals surface area contributed by atoms with Crippen LogP contribution in [0, 0.1) is 13.8 Å². The van der Waals surface area contributed by atoms with Crippen molar-refractivity contribution in [2.75, 3.05) is 11.9 Å². The fourth-order valence-corrected chi connectivity index (χ4v) is 2.24. The van der Waals surface area contributed by atoms with E-state index >= 15 is 0 Å². The second-order valence-corrected chi connectivity index (χ2v) is 4.99. The molecule has 1 heteroatoms. The van der Waals surface area contributed by atoms with Crippen molar-refractivity contribution in [2.45, 2.75) is 39.5 Å². The molecule has 0 bridgehead atoms. The van der Waals surface area contributed by atoms with Gasteiger partial charge in [-0.3, -0.25) is 0 Å². The van der Waals surface area contributed by atoms with Crippen LogP contribution in [0.2, 0.25) is 0 Å². The van der Waals surface area contributed by atoms with Gasteiger partial charge < -0.3 is 5.32 Å². The summed E-state index contributed by atoms with van der Waals surface area (Å²) in [6.45, 7) is 10.2. The number of rotatable bonds is 0. The minimum atomic E-state index is 0.332. The predicted octanol–water partition coefficient (Wildman–Crippen LogP) is 3.40. The molecular formula is C13H19N. The van der Waals surface area contributed by atoms with Crippen LogP contribution in [-0.4, -0.2) is 6.54 Å². The van der Waals surface area contributed by atoms with Crippen LogP contribution < -0.4 is 5.32 Å². The van der Waals surface area contributed by atoms with Crippen molar-refractivity contribution < 1.29 is 0 Å². The highest BCUT2D eigenvalue weighted by molar-refractivity contribution is 5.63. The highest BCUT2D eigenvalue weighted by Crippen LogP contribution is 2.38. The van der Waals surface area contributed by atoms with Gasteiger partial charge in [-0.1, -0.05) is 26.0 Å². The molecule has 1 aliphatic rings. The lowest BCUT2D eigenvalue weighted by Gasteiger charge is -2.34. The smallest absolute Gasteiger partial charge is 0.0410 e. The Bertz CT molecular complexity index is 364. The minimum absolute atomic E-state index is 0.332. The van der Waals surface area contributed by atoms with Crippen LogP contribution in [-0.2, 0) is 5.41 Å². The first kappa shape index (κ1) is 9.57. The number of fused-ring (bicyclic) bond motifs is 1. The van der Waals surface area contributed by atoms with Gasteiger partial charge in [-0.15, -0.1) is 0 Å². The van der Waals surface area contributed by atoms with E-state index in [9.17, 15) is 0 Å². The van der Waals surface area contributed by atoms with Crippen LogP contribution >= 0.6 is 0 Å². The van der Waals surface area contributed by atoms with Crippen molar-refractivity contribution >= 4 is 5.69 Å². The number of aryl methyl sites for hydroxylation is 1. The molecule has 0 aliphatic carbocycles. The van der Waals surface area contributed by atoms with Crippen LogP contribution in [0.15, 0.2) is 12.1 Å². The number of anilines is 1. The highest BCUT2D eigenvalue weighted by Gasteiger charge is 2.28. The molecule has 0 aromatic heterocycles. The Morgan fingerprint density at radius 3 is 2.64 bits per heavy atom. The molecule has 0 saturated carbocycles. The van der Waals surface area contributed by atoms with E-state index in [0.717, 1.165) is 6.54 Å². The summed E-state index contributed by atoms with van der Waals surface area (Å²) in [4.78, 5) is 0. The molecule has 1 aromatic rings. The van der Waals surface area contributed by atoms with Gasteiger partial charge in [-0.25, -0.2) is 0 Å². The maximum Gasteiger partial charge on any atom is 0.0410 e. The van der Waals surface area contributed by atoms with Gasteiger partial charge >= 0.3 is 0 Å². The van der Waals surface area contributed by atoms with Crippen molar-refractivity contribution in [1.82, 2.24) is 0 Å². The Morgan fingerprint density at radius 2 is 1.93 bits per heavy atom. The molecule has 14 heavy (non-hydrogen) atoms. The molecule has 0 amide bonds. The largest absolute Gasteiger partial charge is 0.385 e. The van der Waals surface area contributed by atoms with E-state index in [2.05, 4.69) is 45.1 Å². The quantitative estimate of drug-likeness (QED) is 0.659. The molecular weight excluding hydrogens is 170 g/mol. The fourth-order valence-electron chi connectivity index (χ4n) is 2.24. The van der Waals surface area contributed by atoms with E-state index in [-0.39, 0.29) is 0 Å². The molecule has 0 saturated heterocycles. The summed E-state index contributed by atoms with van der Waals surface area (Å²) in [7, 11) is 0. The summed E-state index contributed by atoms with van der Waals surface area (Å²) in [6.07, 6.45) is 1.22. The van der Waals surface area contributed by atoms with Crippen LogP contribution in [0.25, 0.3) is 0 Å². The Balaban J connectivity index is 2.62. The van der Waals surface area contributed by atoms with E-state index in [0.29, 0.717) is 5.41 Å². The van der Waals surface area contributed by atoms with Gasteiger partial charge in [0.1, 0.15) is 0 Å². The first-order chi connectivity index (χ1) is 6.52. The van der Waals surface area contributed by atoms with E-state index in [1.54, 1.807) is 0 Å². The summed E-state index contributed by atoms with van der Waals surface area (Å²) in [6, 6.07) is 4.52. The zero-order valence-corrected chi connectivity index (χ0v) is 9.57. The third-order valence-electron chi connectivity index (χ3n) is 3.52. The molecule has 1 nitrogen and oxygen atoms in total. The molecule has 1 N–H and O–H groups in total. The second kappa shape index (κ2) is 3.01. The van der Waals surface area contributed by atoms with E-state index in [1.165, 1.54) is 28.8 Å². The summed E-state index contributed by atoms with van der Waals surface area (Å²) >= 11 is 0. The standard InChI is InChI=1S/C13H19N/c1-9-5-6-11-12(10(9)2)14-8-7-13(11,3)4/h5-6,14H,7-8H2,1-4H3. The van der Waals surface area contributed by atoms with Crippen molar-refractivity contribution in [1.29, 1.82) is 0 Å². The second-order valence-electron chi connectivity index (χ2n) is 4.99. The molecule has 0 atom stereocenters. The number of hydrogen-bond donors (Lipinski definition) is 1. The SMILES string of the molecule is Cc1ccc2c(c1C)NCCC2(C)C. The molecule has 1 aromatic carbocycles. The Morgan fingerprint density at radius 1 is 1.21 bits per heavy atom. The van der Waals surface area contributed by atoms with Crippen molar-refractivity contribution in [3.8, 4) is 0 Å². The highest BCUT2D eigenvalue weighted by atomic mass is 14.9. The first-order valence-corrected chi connectivity index (χ1v) is 5.37. The Hall–Kier alpha value is -0.980. The third kappa shape index (κ3) is 1.31. The van der Waals surface area contributed by atoms with E-state index in [4.69, 9.17) is 0 Å². The lowest BCUT2D eigenvalue weighted by molar-refractivity contribution is 0.481. The van der Waals surface area contributed by atoms with Crippen LogP contribution in [0.3, 0.4) is 0 Å². The van der Waals surface area contributed by atoms with Gasteiger partial charge in [-0.05, 0) is 42.4 Å². The summed E-state index contributed by atoms with van der Waals surface area (Å²) < 4.78 is 0. The van der Waals surface area contributed by atoms with Crippen molar-refractivity contribution in [2.24, 2.45) is 0 Å². The lowest BCUT2D eigenvalue weighted by atomic mass is 9.77. The maximum atomic E-state index is 3.53. The van der Waals surface area contributed by atoms with Crippen LogP contribution in [0.4, 0.5) is 5.69 Å².